The Labute approximate surface area is 208 Å². The molecule has 34 heavy (non-hydrogen) atoms. The molecule has 3 heterocycles. The van der Waals surface area contributed by atoms with E-state index in [0.29, 0.717) is 33.3 Å². The van der Waals surface area contributed by atoms with Crippen LogP contribution in [0, 0.1) is 0 Å². The molecule has 2 aromatic heterocycles. The summed E-state index contributed by atoms with van der Waals surface area (Å²) in [6.45, 7) is 2.21. The summed E-state index contributed by atoms with van der Waals surface area (Å²) in [6, 6.07) is 19.3. The zero-order valence-electron chi connectivity index (χ0n) is 18.8. The van der Waals surface area contributed by atoms with E-state index < -0.39 is 6.23 Å². The Bertz CT molecular complexity index is 1280. The maximum Gasteiger partial charge on any atom is 0.247 e. The highest BCUT2D eigenvalue weighted by Gasteiger charge is 2.28. The summed E-state index contributed by atoms with van der Waals surface area (Å²) < 4.78 is 12.5. The molecule has 0 spiro atoms. The lowest BCUT2D eigenvalue weighted by Crippen LogP contribution is -2.16. The van der Waals surface area contributed by atoms with Gasteiger partial charge in [-0.1, -0.05) is 79.9 Å². The Balaban J connectivity index is 1.43. The standard InChI is InChI=1S/C26H25ClN4O2S/c1-2-3-4-7-15-34-26-29-25-23(30-31-26)19-11-5-6-12-20(19)28-24(33-25)22-14-13-21(32-22)17-9-8-10-18(27)16-17/h5-6,8-14,16,24,28H,2-4,7,15H2,1H3/t24-/m1/s1. The molecule has 0 saturated carbocycles. The lowest BCUT2D eigenvalue weighted by Gasteiger charge is -2.16. The maximum atomic E-state index is 6.33. The van der Waals surface area contributed by atoms with Gasteiger partial charge in [-0.05, 0) is 36.8 Å². The second kappa shape index (κ2) is 10.5. The van der Waals surface area contributed by atoms with Gasteiger partial charge in [0.15, 0.2) is 11.5 Å². The van der Waals surface area contributed by atoms with Crippen LogP contribution >= 0.6 is 23.4 Å². The van der Waals surface area contributed by atoms with Crippen molar-refractivity contribution in [3.8, 4) is 28.5 Å². The van der Waals surface area contributed by atoms with E-state index in [4.69, 9.17) is 25.7 Å². The second-order valence-corrected chi connectivity index (χ2v) is 9.56. The fourth-order valence-electron chi connectivity index (χ4n) is 3.82. The molecular weight excluding hydrogens is 468 g/mol. The van der Waals surface area contributed by atoms with Crippen molar-refractivity contribution in [1.29, 1.82) is 0 Å². The fraction of sp³-hybridized carbons (Fsp3) is 0.269. The van der Waals surface area contributed by atoms with Crippen LogP contribution in [0.15, 0.2) is 70.2 Å². The van der Waals surface area contributed by atoms with Crippen LogP contribution in [0.3, 0.4) is 0 Å². The van der Waals surface area contributed by atoms with Crippen LogP contribution in [0.4, 0.5) is 5.69 Å². The van der Waals surface area contributed by atoms with Crippen molar-refractivity contribution in [2.24, 2.45) is 0 Å². The first kappa shape index (κ1) is 22.7. The van der Waals surface area contributed by atoms with E-state index in [0.717, 1.165) is 29.0 Å². The van der Waals surface area contributed by atoms with Gasteiger partial charge in [0.2, 0.25) is 17.3 Å². The smallest absolute Gasteiger partial charge is 0.247 e. The van der Waals surface area contributed by atoms with Crippen molar-refractivity contribution in [3.05, 3.63) is 71.4 Å². The van der Waals surface area contributed by atoms with Gasteiger partial charge in [0.05, 0.1) is 0 Å². The second-order valence-electron chi connectivity index (χ2n) is 8.06. The van der Waals surface area contributed by atoms with E-state index in [1.807, 2.05) is 60.7 Å². The monoisotopic (exact) mass is 492 g/mol. The summed E-state index contributed by atoms with van der Waals surface area (Å²) in [5.74, 6) is 2.74. The maximum absolute atomic E-state index is 6.33. The van der Waals surface area contributed by atoms with E-state index in [2.05, 4.69) is 22.4 Å². The first-order valence-electron chi connectivity index (χ1n) is 11.5. The molecule has 0 aliphatic carbocycles. The molecule has 4 aromatic rings. The molecule has 0 fully saturated rings. The fourth-order valence-corrected chi connectivity index (χ4v) is 4.79. The summed E-state index contributed by atoms with van der Waals surface area (Å²) in [6.07, 6.45) is 4.23. The number of aromatic nitrogens is 3. The zero-order valence-corrected chi connectivity index (χ0v) is 20.4. The number of para-hydroxylation sites is 1. The van der Waals surface area contributed by atoms with Gasteiger partial charge in [0.25, 0.3) is 0 Å². The summed E-state index contributed by atoms with van der Waals surface area (Å²) in [4.78, 5) is 4.71. The van der Waals surface area contributed by atoms with Gasteiger partial charge in [0, 0.05) is 27.6 Å². The van der Waals surface area contributed by atoms with Crippen molar-refractivity contribution in [2.45, 2.75) is 44.0 Å². The molecule has 5 rings (SSSR count). The summed E-state index contributed by atoms with van der Waals surface area (Å²) in [7, 11) is 0. The zero-order chi connectivity index (χ0) is 23.3. The summed E-state index contributed by atoms with van der Waals surface area (Å²) >= 11 is 7.77. The molecule has 1 atom stereocenters. The number of anilines is 1. The largest absolute Gasteiger partial charge is 0.455 e. The topological polar surface area (TPSA) is 73.1 Å². The SMILES string of the molecule is CCCCCCSc1nnc2c(n1)O[C@H](c1ccc(-c3cccc(Cl)c3)o1)Nc1ccccc1-2. The van der Waals surface area contributed by atoms with Gasteiger partial charge in [-0.25, -0.2) is 0 Å². The number of halogens is 1. The van der Waals surface area contributed by atoms with Gasteiger partial charge in [-0.15, -0.1) is 10.2 Å². The van der Waals surface area contributed by atoms with Crippen LogP contribution in [-0.4, -0.2) is 20.9 Å². The molecule has 1 aliphatic rings. The number of rotatable bonds is 8. The Morgan fingerprint density at radius 2 is 1.91 bits per heavy atom. The number of benzene rings is 2. The number of nitrogens with zero attached hydrogens (tertiary/aromatic N) is 3. The van der Waals surface area contributed by atoms with Gasteiger partial charge < -0.3 is 14.5 Å². The number of hydrogen-bond acceptors (Lipinski definition) is 7. The third-order valence-electron chi connectivity index (χ3n) is 5.56. The summed E-state index contributed by atoms with van der Waals surface area (Å²) in [5, 5.41) is 13.5. The highest BCUT2D eigenvalue weighted by atomic mass is 35.5. The minimum absolute atomic E-state index is 0.439. The van der Waals surface area contributed by atoms with Crippen LogP contribution in [0.25, 0.3) is 22.6 Å². The average Bonchev–Trinajstić information content (AvgIpc) is 3.28. The van der Waals surface area contributed by atoms with E-state index in [1.165, 1.54) is 19.3 Å². The molecule has 1 N–H and O–H groups in total. The highest BCUT2D eigenvalue weighted by Crippen LogP contribution is 2.40. The number of hydrogen-bond donors (Lipinski definition) is 1. The number of thioether (sulfide) groups is 1. The lowest BCUT2D eigenvalue weighted by molar-refractivity contribution is 0.196. The molecular formula is C26H25ClN4O2S. The molecule has 0 bridgehead atoms. The predicted molar refractivity (Wildman–Crippen MR) is 136 cm³/mol. The summed E-state index contributed by atoms with van der Waals surface area (Å²) in [5.41, 5.74) is 3.28. The molecule has 8 heteroatoms. The van der Waals surface area contributed by atoms with Crippen molar-refractivity contribution >= 4 is 29.1 Å². The van der Waals surface area contributed by atoms with E-state index in [-0.39, 0.29) is 0 Å². The minimum Gasteiger partial charge on any atom is -0.455 e. The van der Waals surface area contributed by atoms with Crippen molar-refractivity contribution in [1.82, 2.24) is 15.2 Å². The van der Waals surface area contributed by atoms with Gasteiger partial charge in [0.1, 0.15) is 5.76 Å². The first-order valence-corrected chi connectivity index (χ1v) is 12.8. The minimum atomic E-state index is -0.575. The Kier molecular flexibility index (Phi) is 7.02. The quantitative estimate of drug-likeness (QED) is 0.200. The Hall–Kier alpha value is -3.03. The van der Waals surface area contributed by atoms with E-state index in [9.17, 15) is 0 Å². The molecule has 1 aliphatic heterocycles. The first-order chi connectivity index (χ1) is 16.7. The molecule has 174 valence electrons. The molecule has 2 aromatic carbocycles. The van der Waals surface area contributed by atoms with Crippen LogP contribution < -0.4 is 10.1 Å². The number of fused-ring (bicyclic) bond motifs is 3. The number of furan rings is 1. The van der Waals surface area contributed by atoms with Crippen LogP contribution in [-0.2, 0) is 0 Å². The predicted octanol–water partition coefficient (Wildman–Crippen LogP) is 7.63. The van der Waals surface area contributed by atoms with Crippen LogP contribution in [0.1, 0.15) is 44.6 Å². The Morgan fingerprint density at radius 1 is 1.00 bits per heavy atom. The average molecular weight is 493 g/mol. The Morgan fingerprint density at radius 3 is 2.79 bits per heavy atom. The number of ether oxygens (including phenoxy) is 1. The normalized spacial score (nSPS) is 14.5. The van der Waals surface area contributed by atoms with Crippen molar-refractivity contribution in [2.75, 3.05) is 11.1 Å². The number of nitrogens with one attached hydrogen (secondary N) is 1. The van der Waals surface area contributed by atoms with E-state index in [1.54, 1.807) is 11.8 Å². The van der Waals surface area contributed by atoms with Crippen LogP contribution in [0.2, 0.25) is 5.02 Å². The molecule has 0 unspecified atom stereocenters. The lowest BCUT2D eigenvalue weighted by atomic mass is 10.1. The van der Waals surface area contributed by atoms with Crippen LogP contribution in [0.5, 0.6) is 5.88 Å². The van der Waals surface area contributed by atoms with Crippen molar-refractivity contribution in [3.63, 3.8) is 0 Å². The van der Waals surface area contributed by atoms with Crippen molar-refractivity contribution < 1.29 is 9.15 Å². The van der Waals surface area contributed by atoms with E-state index >= 15 is 0 Å². The molecule has 0 radical (unpaired) electrons. The van der Waals surface area contributed by atoms with Gasteiger partial charge in [-0.2, -0.15) is 4.98 Å². The molecule has 6 nitrogen and oxygen atoms in total. The third-order valence-corrected chi connectivity index (χ3v) is 6.72. The molecule has 0 saturated heterocycles. The van der Waals surface area contributed by atoms with Gasteiger partial charge in [-0.3, -0.25) is 0 Å². The number of unbranched alkanes of at least 4 members (excludes halogenated alkanes) is 3. The third kappa shape index (κ3) is 5.05. The highest BCUT2D eigenvalue weighted by molar-refractivity contribution is 7.99. The van der Waals surface area contributed by atoms with Gasteiger partial charge >= 0.3 is 0 Å². The molecule has 0 amide bonds.